The Morgan fingerprint density at radius 3 is 2.68 bits per heavy atom. The van der Waals surface area contributed by atoms with Gasteiger partial charge in [0.15, 0.2) is 6.61 Å². The summed E-state index contributed by atoms with van der Waals surface area (Å²) < 4.78 is 10.8. The molecule has 1 aliphatic heterocycles. The number of rotatable bonds is 6. The van der Waals surface area contributed by atoms with Crippen LogP contribution in [0.1, 0.15) is 24.0 Å². The largest absolute Gasteiger partial charge is 0.484 e. The third kappa shape index (κ3) is 4.45. The fraction of sp³-hybridized carbons (Fsp3) is 0.588. The predicted molar refractivity (Wildman–Crippen MR) is 84.0 cm³/mol. The van der Waals surface area contributed by atoms with E-state index in [2.05, 4.69) is 5.32 Å². The zero-order valence-corrected chi connectivity index (χ0v) is 13.4. The van der Waals surface area contributed by atoms with E-state index in [0.29, 0.717) is 25.5 Å². The lowest BCUT2D eigenvalue weighted by atomic mass is 9.81. The molecule has 5 heteroatoms. The molecule has 122 valence electrons. The van der Waals surface area contributed by atoms with Gasteiger partial charge in [0.1, 0.15) is 5.75 Å². The van der Waals surface area contributed by atoms with Gasteiger partial charge in [0.05, 0.1) is 6.61 Å². The van der Waals surface area contributed by atoms with Gasteiger partial charge in [0.25, 0.3) is 5.91 Å². The number of amides is 1. The number of aryl methyl sites for hydroxylation is 2. The van der Waals surface area contributed by atoms with Gasteiger partial charge in [-0.05, 0) is 49.9 Å². The predicted octanol–water partition coefficient (Wildman–Crippen LogP) is 1.59. The summed E-state index contributed by atoms with van der Waals surface area (Å²) in [5, 5.41) is 12.4. The molecule has 0 radical (unpaired) electrons. The first-order chi connectivity index (χ1) is 10.5. The molecule has 1 saturated heterocycles. The lowest BCUT2D eigenvalue weighted by Crippen LogP contribution is -2.44. The first kappa shape index (κ1) is 16.8. The minimum Gasteiger partial charge on any atom is -0.484 e. The summed E-state index contributed by atoms with van der Waals surface area (Å²) in [6.45, 7) is 5.83. The monoisotopic (exact) mass is 307 g/mol. The Hall–Kier alpha value is -1.59. The van der Waals surface area contributed by atoms with E-state index in [0.717, 1.165) is 18.4 Å². The van der Waals surface area contributed by atoms with Gasteiger partial charge < -0.3 is 19.9 Å². The van der Waals surface area contributed by atoms with Crippen LogP contribution in [0, 0.1) is 19.3 Å². The van der Waals surface area contributed by atoms with Crippen molar-refractivity contribution in [3.63, 3.8) is 0 Å². The maximum Gasteiger partial charge on any atom is 0.257 e. The van der Waals surface area contributed by atoms with Gasteiger partial charge in [-0.3, -0.25) is 4.79 Å². The van der Waals surface area contributed by atoms with E-state index in [1.54, 1.807) is 0 Å². The number of nitrogens with one attached hydrogen (secondary N) is 1. The van der Waals surface area contributed by atoms with Crippen LogP contribution < -0.4 is 10.1 Å². The smallest absolute Gasteiger partial charge is 0.257 e. The summed E-state index contributed by atoms with van der Waals surface area (Å²) >= 11 is 0. The second-order valence-electron chi connectivity index (χ2n) is 6.08. The van der Waals surface area contributed by atoms with E-state index >= 15 is 0 Å². The zero-order valence-electron chi connectivity index (χ0n) is 13.4. The molecule has 0 unspecified atom stereocenters. The second-order valence-corrected chi connectivity index (χ2v) is 6.08. The van der Waals surface area contributed by atoms with Gasteiger partial charge in [-0.2, -0.15) is 0 Å². The number of aliphatic hydroxyl groups is 1. The van der Waals surface area contributed by atoms with Crippen molar-refractivity contribution in [2.45, 2.75) is 26.7 Å². The van der Waals surface area contributed by atoms with Crippen LogP contribution in [-0.4, -0.2) is 44.0 Å². The molecule has 1 aromatic carbocycles. The Morgan fingerprint density at radius 1 is 1.32 bits per heavy atom. The lowest BCUT2D eigenvalue weighted by molar-refractivity contribution is -0.124. The minimum atomic E-state index is -0.256. The second kappa shape index (κ2) is 7.61. The fourth-order valence-corrected chi connectivity index (χ4v) is 2.48. The zero-order chi connectivity index (χ0) is 16.0. The van der Waals surface area contributed by atoms with Crippen molar-refractivity contribution < 1.29 is 19.4 Å². The number of carbonyl (C=O) groups is 1. The normalized spacial score (nSPS) is 17.0. The number of benzene rings is 1. The quantitative estimate of drug-likeness (QED) is 0.837. The number of aliphatic hydroxyl groups excluding tert-OH is 1. The van der Waals surface area contributed by atoms with Gasteiger partial charge in [-0.25, -0.2) is 0 Å². The highest BCUT2D eigenvalue weighted by atomic mass is 16.5. The van der Waals surface area contributed by atoms with Crippen LogP contribution >= 0.6 is 0 Å². The summed E-state index contributed by atoms with van der Waals surface area (Å²) in [7, 11) is 0. The third-order valence-corrected chi connectivity index (χ3v) is 4.40. The van der Waals surface area contributed by atoms with Crippen molar-refractivity contribution in [1.82, 2.24) is 5.32 Å². The van der Waals surface area contributed by atoms with Crippen LogP contribution in [0.15, 0.2) is 18.2 Å². The van der Waals surface area contributed by atoms with Gasteiger partial charge >= 0.3 is 0 Å². The lowest BCUT2D eigenvalue weighted by Gasteiger charge is -2.35. The van der Waals surface area contributed by atoms with Crippen LogP contribution in [-0.2, 0) is 9.53 Å². The van der Waals surface area contributed by atoms with Crippen molar-refractivity contribution in [1.29, 1.82) is 0 Å². The molecule has 0 saturated carbocycles. The fourth-order valence-electron chi connectivity index (χ4n) is 2.48. The number of carbonyl (C=O) groups excluding carboxylic acids is 1. The van der Waals surface area contributed by atoms with E-state index in [4.69, 9.17) is 9.47 Å². The van der Waals surface area contributed by atoms with Crippen molar-refractivity contribution in [2.75, 3.05) is 33.0 Å². The van der Waals surface area contributed by atoms with Crippen LogP contribution in [0.25, 0.3) is 0 Å². The molecule has 1 fully saturated rings. The molecule has 1 amide bonds. The highest BCUT2D eigenvalue weighted by molar-refractivity contribution is 5.77. The molecule has 0 aliphatic carbocycles. The Kier molecular flexibility index (Phi) is 5.80. The molecular weight excluding hydrogens is 282 g/mol. The van der Waals surface area contributed by atoms with Gasteiger partial charge in [0.2, 0.25) is 0 Å². The highest BCUT2D eigenvalue weighted by Crippen LogP contribution is 2.28. The van der Waals surface area contributed by atoms with E-state index in [1.807, 2.05) is 32.0 Å². The molecule has 22 heavy (non-hydrogen) atoms. The standard InChI is InChI=1S/C17H25NO4/c1-13-3-4-15(9-14(13)2)22-10-16(20)18-11-17(12-19)5-7-21-8-6-17/h3-4,9,19H,5-8,10-12H2,1-2H3,(H,18,20). The summed E-state index contributed by atoms with van der Waals surface area (Å²) in [4.78, 5) is 11.9. The van der Waals surface area contributed by atoms with E-state index < -0.39 is 0 Å². The average molecular weight is 307 g/mol. The maximum atomic E-state index is 11.9. The molecule has 1 aliphatic rings. The Labute approximate surface area is 131 Å². The molecule has 0 atom stereocenters. The topological polar surface area (TPSA) is 67.8 Å². The first-order valence-corrected chi connectivity index (χ1v) is 7.70. The van der Waals surface area contributed by atoms with Crippen molar-refractivity contribution in [3.05, 3.63) is 29.3 Å². The molecule has 0 spiro atoms. The van der Waals surface area contributed by atoms with Gasteiger partial charge in [-0.15, -0.1) is 0 Å². The van der Waals surface area contributed by atoms with Crippen LogP contribution in [0.5, 0.6) is 5.75 Å². The number of ether oxygens (including phenoxy) is 2. The number of hydrogen-bond donors (Lipinski definition) is 2. The van der Waals surface area contributed by atoms with Crippen molar-refractivity contribution in [2.24, 2.45) is 5.41 Å². The molecule has 5 nitrogen and oxygen atoms in total. The Balaban J connectivity index is 1.78. The third-order valence-electron chi connectivity index (χ3n) is 4.40. The molecular formula is C17H25NO4. The van der Waals surface area contributed by atoms with Crippen LogP contribution in [0.4, 0.5) is 0 Å². The summed E-state index contributed by atoms with van der Waals surface area (Å²) in [6, 6.07) is 5.77. The SMILES string of the molecule is Cc1ccc(OCC(=O)NCC2(CO)CCOCC2)cc1C. The Morgan fingerprint density at radius 2 is 2.05 bits per heavy atom. The van der Waals surface area contributed by atoms with Crippen molar-refractivity contribution in [3.8, 4) is 5.75 Å². The van der Waals surface area contributed by atoms with E-state index in [1.165, 1.54) is 5.56 Å². The minimum absolute atomic E-state index is 0.0134. The molecule has 1 aromatic rings. The number of hydrogen-bond acceptors (Lipinski definition) is 4. The van der Waals surface area contributed by atoms with E-state index in [9.17, 15) is 9.90 Å². The van der Waals surface area contributed by atoms with Gasteiger partial charge in [-0.1, -0.05) is 6.07 Å². The average Bonchev–Trinajstić information content (AvgIpc) is 2.55. The summed E-state index contributed by atoms with van der Waals surface area (Å²) in [5.41, 5.74) is 2.08. The van der Waals surface area contributed by atoms with Crippen molar-refractivity contribution >= 4 is 5.91 Å². The van der Waals surface area contributed by atoms with Crippen LogP contribution in [0.3, 0.4) is 0 Å². The summed E-state index contributed by atoms with van der Waals surface area (Å²) in [5.74, 6) is 0.527. The van der Waals surface area contributed by atoms with Gasteiger partial charge in [0, 0.05) is 25.2 Å². The molecule has 0 bridgehead atoms. The molecule has 2 N–H and O–H groups in total. The first-order valence-electron chi connectivity index (χ1n) is 7.70. The highest BCUT2D eigenvalue weighted by Gasteiger charge is 2.32. The van der Waals surface area contributed by atoms with Crippen LogP contribution in [0.2, 0.25) is 0 Å². The molecule has 0 aromatic heterocycles. The van der Waals surface area contributed by atoms with E-state index in [-0.39, 0.29) is 24.5 Å². The Bertz CT molecular complexity index is 509. The maximum absolute atomic E-state index is 11.9. The summed E-state index contributed by atoms with van der Waals surface area (Å²) in [6.07, 6.45) is 1.53. The molecule has 1 heterocycles. The molecule has 2 rings (SSSR count).